The third-order valence-corrected chi connectivity index (χ3v) is 10.9. The van der Waals surface area contributed by atoms with E-state index in [0.717, 1.165) is 20.3 Å². The Kier molecular flexibility index (Phi) is 8.30. The number of hydrazone groups is 1. The highest BCUT2D eigenvalue weighted by Gasteiger charge is 2.63. The van der Waals surface area contributed by atoms with Crippen LogP contribution in [-0.4, -0.2) is 76.9 Å². The van der Waals surface area contributed by atoms with Gasteiger partial charge in [0.25, 0.3) is 10.1 Å². The molecule has 0 spiro atoms. The summed E-state index contributed by atoms with van der Waals surface area (Å²) in [6.45, 7) is 1.58. The Balaban J connectivity index is 2.29. The zero-order valence-electron chi connectivity index (χ0n) is 21.5. The molecule has 0 radical (unpaired) electrons. The number of ether oxygens (including phenoxy) is 2. The van der Waals surface area contributed by atoms with Gasteiger partial charge in [-0.3, -0.25) is 25.1 Å². The van der Waals surface area contributed by atoms with Crippen molar-refractivity contribution < 1.29 is 40.8 Å². The van der Waals surface area contributed by atoms with Crippen molar-refractivity contribution in [3.8, 4) is 0 Å². The first-order chi connectivity index (χ1) is 18.2. The normalized spacial score (nSPS) is 21.4. The van der Waals surface area contributed by atoms with Crippen molar-refractivity contribution in [1.29, 1.82) is 0 Å². The zero-order valence-corrected chi connectivity index (χ0v) is 23.1. The molecule has 0 aromatic heterocycles. The summed E-state index contributed by atoms with van der Waals surface area (Å²) in [6.07, 6.45) is 0. The van der Waals surface area contributed by atoms with Crippen molar-refractivity contribution in [3.63, 3.8) is 0 Å². The van der Waals surface area contributed by atoms with E-state index in [1.54, 1.807) is 38.1 Å². The molecule has 1 aliphatic heterocycles. The molecular formula is C23H26N4O10S2. The van der Waals surface area contributed by atoms with Gasteiger partial charge in [0.1, 0.15) is 5.69 Å². The Hall–Kier alpha value is -4.05. The van der Waals surface area contributed by atoms with Gasteiger partial charge in [0.2, 0.25) is 19.7 Å². The van der Waals surface area contributed by atoms with Gasteiger partial charge in [-0.1, -0.05) is 18.2 Å². The van der Waals surface area contributed by atoms with Crippen molar-refractivity contribution in [2.45, 2.75) is 23.3 Å². The van der Waals surface area contributed by atoms with Gasteiger partial charge in [-0.25, -0.2) is 16.8 Å². The molecule has 1 N–H and O–H groups in total. The largest absolute Gasteiger partial charge is 0.468 e. The maximum Gasteiger partial charge on any atom is 0.325 e. The van der Waals surface area contributed by atoms with Crippen molar-refractivity contribution >= 4 is 53.1 Å². The number of nitrogens with zero attached hydrogens (tertiary/aromatic N) is 3. The van der Waals surface area contributed by atoms with E-state index >= 15 is 0 Å². The lowest BCUT2D eigenvalue weighted by atomic mass is 9.91. The number of carbonyl (C=O) groups is 2. The molecular weight excluding hydrogens is 556 g/mol. The summed E-state index contributed by atoms with van der Waals surface area (Å²) < 4.78 is 62.6. The minimum atomic E-state index is -5.16. The number of nitro benzene ring substituents is 1. The van der Waals surface area contributed by atoms with Crippen LogP contribution in [0.4, 0.5) is 17.1 Å². The third kappa shape index (κ3) is 5.42. The van der Waals surface area contributed by atoms with Crippen LogP contribution in [-0.2, 0) is 38.7 Å². The summed E-state index contributed by atoms with van der Waals surface area (Å²) in [7, 11) is -5.01. The SMILES string of the molecule is COC(=O)[C@H]1C(c2ccc(N(C)C)cc2)[C@H](C(=O)OC)S(=O)(=O)C(=NNc2ccc(C)cc2[N+](=O)[O-])S1(=O)=O. The molecule has 16 heteroatoms. The first-order valence-corrected chi connectivity index (χ1v) is 14.3. The Morgan fingerprint density at radius 1 is 0.949 bits per heavy atom. The number of methoxy groups -OCH3 is 2. The van der Waals surface area contributed by atoms with E-state index < -0.39 is 63.0 Å². The van der Waals surface area contributed by atoms with Gasteiger partial charge in [-0.2, -0.15) is 5.10 Å². The molecule has 14 nitrogen and oxygen atoms in total. The standard InChI is InChI=1S/C23H26N4O10S2/c1-13-6-11-16(17(12-13)27(30)31)24-25-23-38(32,33)19(21(28)36-4)18(20(22(29)37-5)39(23,34)35)14-7-9-15(10-8-14)26(2)3/h6-12,18-20,24H,1-5H3/t18?,19-,20-/m1/s1. The molecule has 0 aliphatic carbocycles. The van der Waals surface area contributed by atoms with E-state index in [2.05, 4.69) is 10.5 Å². The molecule has 1 aliphatic rings. The second kappa shape index (κ2) is 11.0. The Morgan fingerprint density at radius 2 is 1.46 bits per heavy atom. The van der Waals surface area contributed by atoms with E-state index in [4.69, 9.17) is 9.47 Å². The van der Waals surface area contributed by atoms with Crippen LogP contribution in [0.15, 0.2) is 47.6 Å². The summed E-state index contributed by atoms with van der Waals surface area (Å²) in [5.74, 6) is -4.44. The van der Waals surface area contributed by atoms with E-state index in [1.165, 1.54) is 24.3 Å². The third-order valence-electron chi connectivity index (χ3n) is 6.09. The minimum Gasteiger partial charge on any atom is -0.468 e. The lowest BCUT2D eigenvalue weighted by Crippen LogP contribution is -2.58. The number of aryl methyl sites for hydroxylation is 1. The predicted molar refractivity (Wildman–Crippen MR) is 142 cm³/mol. The number of esters is 2. The van der Waals surface area contributed by atoms with Crippen LogP contribution in [0.2, 0.25) is 0 Å². The lowest BCUT2D eigenvalue weighted by Gasteiger charge is -2.35. The molecule has 1 fully saturated rings. The van der Waals surface area contributed by atoms with Crippen molar-refractivity contribution in [3.05, 3.63) is 63.7 Å². The quantitative estimate of drug-likeness (QED) is 0.280. The van der Waals surface area contributed by atoms with E-state index in [0.29, 0.717) is 11.3 Å². The van der Waals surface area contributed by atoms with Crippen LogP contribution in [0.3, 0.4) is 0 Å². The number of rotatable bonds is 7. The van der Waals surface area contributed by atoms with E-state index in [-0.39, 0.29) is 11.3 Å². The summed E-state index contributed by atoms with van der Waals surface area (Å²) in [5, 5.41) is 10.5. The summed E-state index contributed by atoms with van der Waals surface area (Å²) in [5.41, 5.74) is 2.49. The second-order valence-electron chi connectivity index (χ2n) is 8.76. The Labute approximate surface area is 224 Å². The number of benzene rings is 2. The number of anilines is 2. The Bertz CT molecular complexity index is 1500. The second-order valence-corrected chi connectivity index (χ2v) is 13.0. The molecule has 39 heavy (non-hydrogen) atoms. The fourth-order valence-corrected chi connectivity index (χ4v) is 9.06. The van der Waals surface area contributed by atoms with Gasteiger partial charge in [0.05, 0.1) is 19.1 Å². The van der Waals surface area contributed by atoms with Crippen LogP contribution in [0.25, 0.3) is 0 Å². The molecule has 1 heterocycles. The predicted octanol–water partition coefficient (Wildman–Crippen LogP) is 1.36. The number of hydrogen-bond donors (Lipinski definition) is 1. The molecule has 210 valence electrons. The summed E-state index contributed by atoms with van der Waals surface area (Å²) in [6, 6.07) is 9.71. The van der Waals surface area contributed by atoms with Gasteiger partial charge >= 0.3 is 11.9 Å². The van der Waals surface area contributed by atoms with E-state index in [1.807, 2.05) is 0 Å². The molecule has 3 rings (SSSR count). The molecule has 0 saturated carbocycles. The number of nitrogens with one attached hydrogen (secondary N) is 1. The molecule has 0 amide bonds. The smallest absolute Gasteiger partial charge is 0.325 e. The minimum absolute atomic E-state index is 0.0414. The van der Waals surface area contributed by atoms with Gasteiger partial charge in [-0.05, 0) is 36.2 Å². The van der Waals surface area contributed by atoms with Crippen LogP contribution < -0.4 is 10.3 Å². The molecule has 2 aromatic carbocycles. The highest BCUT2D eigenvalue weighted by atomic mass is 32.3. The average molecular weight is 583 g/mol. The zero-order chi connectivity index (χ0) is 29.3. The molecule has 2 atom stereocenters. The molecule has 2 aromatic rings. The average Bonchev–Trinajstić information content (AvgIpc) is 2.87. The van der Waals surface area contributed by atoms with Crippen molar-refractivity contribution in [2.24, 2.45) is 5.10 Å². The monoisotopic (exact) mass is 582 g/mol. The maximum absolute atomic E-state index is 13.7. The van der Waals surface area contributed by atoms with Gasteiger partial charge in [0, 0.05) is 31.8 Å². The summed E-state index contributed by atoms with van der Waals surface area (Å²) >= 11 is 0. The van der Waals surface area contributed by atoms with Crippen LogP contribution in [0.1, 0.15) is 17.0 Å². The number of sulfone groups is 2. The van der Waals surface area contributed by atoms with Crippen molar-refractivity contribution in [1.82, 2.24) is 0 Å². The van der Waals surface area contributed by atoms with Crippen LogP contribution in [0, 0.1) is 17.0 Å². The van der Waals surface area contributed by atoms with Crippen LogP contribution in [0.5, 0.6) is 0 Å². The maximum atomic E-state index is 13.7. The van der Waals surface area contributed by atoms with Gasteiger partial charge < -0.3 is 14.4 Å². The molecule has 1 saturated heterocycles. The topological polar surface area (TPSA) is 192 Å². The fourth-order valence-electron chi connectivity index (χ4n) is 4.17. The van der Waals surface area contributed by atoms with Crippen LogP contribution >= 0.6 is 0 Å². The number of carbonyl (C=O) groups excluding carboxylic acids is 2. The lowest BCUT2D eigenvalue weighted by molar-refractivity contribution is -0.384. The highest BCUT2D eigenvalue weighted by molar-refractivity contribution is 8.32. The first-order valence-electron chi connectivity index (χ1n) is 11.2. The van der Waals surface area contributed by atoms with Gasteiger partial charge in [-0.15, -0.1) is 0 Å². The molecule has 0 unspecified atom stereocenters. The highest BCUT2D eigenvalue weighted by Crippen LogP contribution is 2.41. The number of nitro groups is 1. The van der Waals surface area contributed by atoms with E-state index in [9.17, 15) is 36.5 Å². The fraction of sp³-hybridized carbons (Fsp3) is 0.348. The van der Waals surface area contributed by atoms with Crippen molar-refractivity contribution in [2.75, 3.05) is 38.6 Å². The molecule has 0 bridgehead atoms. The number of hydrogen-bond acceptors (Lipinski definition) is 13. The summed E-state index contributed by atoms with van der Waals surface area (Å²) in [4.78, 5) is 38.2. The first kappa shape index (κ1) is 29.5. The Morgan fingerprint density at radius 3 is 1.90 bits per heavy atom. The van der Waals surface area contributed by atoms with Gasteiger partial charge in [0.15, 0.2) is 10.5 Å².